The van der Waals surface area contributed by atoms with Crippen molar-refractivity contribution in [3.05, 3.63) is 112 Å². The van der Waals surface area contributed by atoms with E-state index in [0.29, 0.717) is 22.8 Å². The van der Waals surface area contributed by atoms with Gasteiger partial charge < -0.3 is 4.90 Å². The molecule has 0 saturated carbocycles. The molecule has 1 aliphatic heterocycles. The van der Waals surface area contributed by atoms with Crippen LogP contribution >= 0.6 is 11.3 Å². The lowest BCUT2D eigenvalue weighted by Gasteiger charge is -2.17. The summed E-state index contributed by atoms with van der Waals surface area (Å²) in [7, 11) is 0. The van der Waals surface area contributed by atoms with E-state index in [4.69, 9.17) is 4.98 Å². The molecule has 0 fully saturated rings. The van der Waals surface area contributed by atoms with Crippen LogP contribution in [-0.2, 0) is 6.42 Å². The Kier molecular flexibility index (Phi) is 5.77. The number of carbonyl (C=O) groups is 2. The van der Waals surface area contributed by atoms with Gasteiger partial charge >= 0.3 is 0 Å². The zero-order valence-corrected chi connectivity index (χ0v) is 20.8. The third-order valence-corrected chi connectivity index (χ3v) is 7.50. The number of aryl methyl sites for hydroxylation is 1. The summed E-state index contributed by atoms with van der Waals surface area (Å²) in [6.07, 6.45) is 0.727. The molecule has 0 atom stereocenters. The smallest absolute Gasteiger partial charge is 0.258 e. The molecule has 5 aromatic rings. The molecular weight excluding hydrogens is 485 g/mol. The van der Waals surface area contributed by atoms with E-state index in [0.717, 1.165) is 44.6 Å². The van der Waals surface area contributed by atoms with Crippen molar-refractivity contribution >= 4 is 44.7 Å². The summed E-state index contributed by atoms with van der Waals surface area (Å²) in [6.45, 7) is 2.55. The minimum absolute atomic E-state index is 0.143. The number of anilines is 2. The van der Waals surface area contributed by atoms with Crippen LogP contribution in [0.2, 0.25) is 0 Å². The lowest BCUT2D eigenvalue weighted by Crippen LogP contribution is -2.28. The zero-order valence-electron chi connectivity index (χ0n) is 20.0. The van der Waals surface area contributed by atoms with E-state index in [-0.39, 0.29) is 17.6 Å². The lowest BCUT2D eigenvalue weighted by atomic mass is 10.1. The number of fused-ring (bicyclic) bond motifs is 2. The Bertz CT molecular complexity index is 1680. The molecule has 7 heteroatoms. The molecule has 1 N–H and O–H groups in total. The maximum Gasteiger partial charge on any atom is 0.258 e. The van der Waals surface area contributed by atoms with Crippen LogP contribution in [0.25, 0.3) is 22.0 Å². The van der Waals surface area contributed by atoms with E-state index < -0.39 is 0 Å². The Morgan fingerprint density at radius 1 is 0.919 bits per heavy atom. The average molecular weight is 508 g/mol. The van der Waals surface area contributed by atoms with Crippen molar-refractivity contribution in [1.29, 1.82) is 0 Å². The highest BCUT2D eigenvalue weighted by atomic mass is 32.1. The van der Waals surface area contributed by atoms with Gasteiger partial charge in [0, 0.05) is 33.8 Å². The second-order valence-electron chi connectivity index (χ2n) is 9.00. The lowest BCUT2D eigenvalue weighted by molar-refractivity contribution is 0.0987. The minimum Gasteiger partial charge on any atom is -0.308 e. The standard InChI is InChI=1S/C30H22FN3O2S/c1-18-27(32-30(37-18)33-28(35)24-7-6-19-4-2-3-5-21(19)16-24)23-10-13-26-22(17-23)14-15-34(26)29(36)20-8-11-25(31)12-9-20/h2-13,16-17H,14-15H2,1H3,(H,32,33,35). The van der Waals surface area contributed by atoms with Gasteiger partial charge in [-0.1, -0.05) is 36.4 Å². The SMILES string of the molecule is Cc1sc(NC(=O)c2ccc3ccccc3c2)nc1-c1ccc2c(c1)CCN2C(=O)c1ccc(F)cc1. The molecule has 0 saturated heterocycles. The molecule has 0 radical (unpaired) electrons. The number of thiazole rings is 1. The number of aromatic nitrogens is 1. The van der Waals surface area contributed by atoms with Crippen molar-refractivity contribution in [2.45, 2.75) is 13.3 Å². The first kappa shape index (κ1) is 23.1. The molecule has 6 rings (SSSR count). The highest BCUT2D eigenvalue weighted by Gasteiger charge is 2.26. The van der Waals surface area contributed by atoms with Crippen molar-refractivity contribution in [1.82, 2.24) is 4.98 Å². The second-order valence-corrected chi connectivity index (χ2v) is 10.2. The Morgan fingerprint density at radius 3 is 2.49 bits per heavy atom. The van der Waals surface area contributed by atoms with E-state index >= 15 is 0 Å². The first-order valence-electron chi connectivity index (χ1n) is 11.9. The molecule has 0 unspecified atom stereocenters. The van der Waals surface area contributed by atoms with Gasteiger partial charge in [-0.3, -0.25) is 14.9 Å². The molecule has 1 aromatic heterocycles. The summed E-state index contributed by atoms with van der Waals surface area (Å²) in [6, 6.07) is 25.1. The highest BCUT2D eigenvalue weighted by molar-refractivity contribution is 7.16. The number of hydrogen-bond donors (Lipinski definition) is 1. The summed E-state index contributed by atoms with van der Waals surface area (Å²) in [5.41, 5.74) is 4.70. The summed E-state index contributed by atoms with van der Waals surface area (Å²) in [5, 5.41) is 5.57. The molecule has 1 aliphatic rings. The van der Waals surface area contributed by atoms with E-state index in [1.165, 1.54) is 35.6 Å². The number of nitrogens with zero attached hydrogens (tertiary/aromatic N) is 2. The molecule has 37 heavy (non-hydrogen) atoms. The summed E-state index contributed by atoms with van der Waals surface area (Å²) < 4.78 is 13.3. The first-order valence-corrected chi connectivity index (χ1v) is 12.8. The molecule has 0 spiro atoms. The van der Waals surface area contributed by atoms with Crippen LogP contribution in [0.1, 0.15) is 31.2 Å². The number of halogens is 1. The Hall–Kier alpha value is -4.36. The second kappa shape index (κ2) is 9.26. The van der Waals surface area contributed by atoms with Crippen LogP contribution in [0, 0.1) is 12.7 Å². The summed E-state index contributed by atoms with van der Waals surface area (Å²) in [5.74, 6) is -0.709. The van der Waals surface area contributed by atoms with E-state index in [1.807, 2.05) is 61.5 Å². The fourth-order valence-corrected chi connectivity index (χ4v) is 5.56. The minimum atomic E-state index is -0.366. The highest BCUT2D eigenvalue weighted by Crippen LogP contribution is 2.36. The number of rotatable bonds is 4. The largest absolute Gasteiger partial charge is 0.308 e. The Labute approximate surface area is 217 Å². The molecule has 2 amide bonds. The van der Waals surface area contributed by atoms with Gasteiger partial charge in [0.1, 0.15) is 5.82 Å². The summed E-state index contributed by atoms with van der Waals surface area (Å²) >= 11 is 1.43. The fourth-order valence-electron chi connectivity index (χ4n) is 4.73. The van der Waals surface area contributed by atoms with Crippen molar-refractivity contribution in [2.75, 3.05) is 16.8 Å². The van der Waals surface area contributed by atoms with Crippen LogP contribution in [0.15, 0.2) is 84.9 Å². The van der Waals surface area contributed by atoms with Crippen LogP contribution in [-0.4, -0.2) is 23.3 Å². The summed E-state index contributed by atoms with van der Waals surface area (Å²) in [4.78, 5) is 33.3. The van der Waals surface area contributed by atoms with Gasteiger partial charge in [0.25, 0.3) is 11.8 Å². The van der Waals surface area contributed by atoms with Crippen molar-refractivity contribution in [2.24, 2.45) is 0 Å². The van der Waals surface area contributed by atoms with Gasteiger partial charge in [0.05, 0.1) is 5.69 Å². The average Bonchev–Trinajstić information content (AvgIpc) is 3.50. The van der Waals surface area contributed by atoms with E-state index in [2.05, 4.69) is 11.4 Å². The van der Waals surface area contributed by atoms with Gasteiger partial charge in [-0.15, -0.1) is 11.3 Å². The predicted octanol–water partition coefficient (Wildman–Crippen LogP) is 6.87. The zero-order chi connectivity index (χ0) is 25.5. The molecule has 4 aromatic carbocycles. The van der Waals surface area contributed by atoms with Crippen LogP contribution in [0.4, 0.5) is 15.2 Å². The van der Waals surface area contributed by atoms with E-state index in [9.17, 15) is 14.0 Å². The molecule has 0 aliphatic carbocycles. The van der Waals surface area contributed by atoms with Crippen LogP contribution in [0.3, 0.4) is 0 Å². The monoisotopic (exact) mass is 507 g/mol. The maximum atomic E-state index is 13.3. The molecular formula is C30H22FN3O2S. The molecule has 182 valence electrons. The van der Waals surface area contributed by atoms with Gasteiger partial charge in [-0.2, -0.15) is 0 Å². The third kappa shape index (κ3) is 4.38. The third-order valence-electron chi connectivity index (χ3n) is 6.61. The Morgan fingerprint density at radius 2 is 1.68 bits per heavy atom. The van der Waals surface area contributed by atoms with Gasteiger partial charge in [-0.25, -0.2) is 9.37 Å². The number of hydrogen-bond acceptors (Lipinski definition) is 4. The first-order chi connectivity index (χ1) is 18.0. The normalized spacial score (nSPS) is 12.5. The fraction of sp³-hybridized carbons (Fsp3) is 0.100. The number of carbonyl (C=O) groups excluding carboxylic acids is 2. The number of benzene rings is 4. The van der Waals surface area contributed by atoms with Crippen molar-refractivity contribution < 1.29 is 14.0 Å². The van der Waals surface area contributed by atoms with Gasteiger partial charge in [-0.05, 0) is 78.2 Å². The number of nitrogens with one attached hydrogen (secondary N) is 1. The van der Waals surface area contributed by atoms with Crippen molar-refractivity contribution in [3.8, 4) is 11.3 Å². The number of amides is 2. The topological polar surface area (TPSA) is 62.3 Å². The Balaban J connectivity index is 1.22. The van der Waals surface area contributed by atoms with Gasteiger partial charge in [0.15, 0.2) is 5.13 Å². The quantitative estimate of drug-likeness (QED) is 0.289. The van der Waals surface area contributed by atoms with Crippen molar-refractivity contribution in [3.63, 3.8) is 0 Å². The maximum absolute atomic E-state index is 13.3. The molecule has 2 heterocycles. The van der Waals surface area contributed by atoms with Crippen LogP contribution in [0.5, 0.6) is 0 Å². The van der Waals surface area contributed by atoms with Crippen LogP contribution < -0.4 is 10.2 Å². The molecule has 0 bridgehead atoms. The van der Waals surface area contributed by atoms with E-state index in [1.54, 1.807) is 4.90 Å². The predicted molar refractivity (Wildman–Crippen MR) is 146 cm³/mol. The molecule has 5 nitrogen and oxygen atoms in total. The van der Waals surface area contributed by atoms with Gasteiger partial charge in [0.2, 0.25) is 0 Å².